The average Bonchev–Trinajstić information content (AvgIpc) is 2.59. The third kappa shape index (κ3) is 5.03. The number of carbonyl (C=O) groups is 1. The maximum absolute atomic E-state index is 12.3. The highest BCUT2D eigenvalue weighted by Crippen LogP contribution is 2.42. The molecule has 1 aliphatic rings. The lowest BCUT2D eigenvalue weighted by molar-refractivity contribution is -0.384. The smallest absolute Gasteiger partial charge is 0.408 e. The van der Waals surface area contributed by atoms with Crippen molar-refractivity contribution < 1.29 is 14.5 Å². The van der Waals surface area contributed by atoms with Crippen LogP contribution in [0.4, 0.5) is 22.0 Å². The molecule has 1 heterocycles. The number of rotatable bonds is 5. The molecule has 0 aliphatic heterocycles. The zero-order chi connectivity index (χ0) is 21.2. The first-order valence-electron chi connectivity index (χ1n) is 9.27. The maximum atomic E-state index is 12.3. The van der Waals surface area contributed by atoms with Crippen molar-refractivity contribution in [1.82, 2.24) is 10.3 Å². The predicted molar refractivity (Wildman–Crippen MR) is 113 cm³/mol. The van der Waals surface area contributed by atoms with E-state index in [0.717, 1.165) is 24.8 Å². The van der Waals surface area contributed by atoms with Crippen LogP contribution in [0.25, 0.3) is 0 Å². The van der Waals surface area contributed by atoms with Crippen molar-refractivity contribution in [3.63, 3.8) is 0 Å². The minimum absolute atomic E-state index is 0.120. The van der Waals surface area contributed by atoms with E-state index in [0.29, 0.717) is 10.2 Å². The normalized spacial score (nSPS) is 15.2. The van der Waals surface area contributed by atoms with Crippen molar-refractivity contribution in [1.29, 1.82) is 0 Å². The second kappa shape index (κ2) is 7.98. The van der Waals surface area contributed by atoms with Crippen LogP contribution >= 0.6 is 15.9 Å². The third-order valence-electron chi connectivity index (χ3n) is 4.68. The van der Waals surface area contributed by atoms with E-state index >= 15 is 0 Å². The molecule has 0 radical (unpaired) electrons. The van der Waals surface area contributed by atoms with Crippen LogP contribution in [0.1, 0.15) is 45.6 Å². The number of amides is 1. The molecule has 3 rings (SSSR count). The zero-order valence-electron chi connectivity index (χ0n) is 16.5. The second-order valence-electron chi connectivity index (χ2n) is 8.04. The number of nitrogens with one attached hydrogen (secondary N) is 2. The molecule has 1 aromatic heterocycles. The highest BCUT2D eigenvalue weighted by atomic mass is 79.9. The Labute approximate surface area is 177 Å². The minimum atomic E-state index is -0.560. The van der Waals surface area contributed by atoms with Gasteiger partial charge in [0, 0.05) is 22.4 Å². The first-order valence-corrected chi connectivity index (χ1v) is 10.1. The van der Waals surface area contributed by atoms with Crippen LogP contribution in [0.3, 0.4) is 0 Å². The highest BCUT2D eigenvalue weighted by molar-refractivity contribution is 9.10. The van der Waals surface area contributed by atoms with Gasteiger partial charge in [-0.15, -0.1) is 0 Å². The van der Waals surface area contributed by atoms with Gasteiger partial charge in [-0.1, -0.05) is 12.1 Å². The Morgan fingerprint density at radius 2 is 1.93 bits per heavy atom. The van der Waals surface area contributed by atoms with Crippen LogP contribution in [0, 0.1) is 10.1 Å². The molecule has 2 aromatic rings. The van der Waals surface area contributed by atoms with Crippen molar-refractivity contribution in [2.45, 2.75) is 51.2 Å². The van der Waals surface area contributed by atoms with Gasteiger partial charge in [-0.2, -0.15) is 0 Å². The Morgan fingerprint density at radius 3 is 2.45 bits per heavy atom. The van der Waals surface area contributed by atoms with E-state index in [-0.39, 0.29) is 11.5 Å². The molecule has 2 N–H and O–H groups in total. The number of pyridine rings is 1. The standard InChI is InChI=1S/C20H23BrN4O4/c1-19(2,3)29-18(26)24-20(9-4-10-20)13-5-7-15(8-6-13)23-17-16(25(27)28)11-14(21)12-22-17/h5-8,11-12H,4,9-10H2,1-3H3,(H,22,23)(H,24,26). The van der Waals surface area contributed by atoms with Gasteiger partial charge >= 0.3 is 11.8 Å². The van der Waals surface area contributed by atoms with Crippen LogP contribution in [-0.4, -0.2) is 21.6 Å². The van der Waals surface area contributed by atoms with Gasteiger partial charge in [0.05, 0.1) is 10.5 Å². The van der Waals surface area contributed by atoms with E-state index in [1.807, 2.05) is 45.0 Å². The number of ether oxygens (including phenoxy) is 1. The lowest BCUT2D eigenvalue weighted by atomic mass is 9.72. The van der Waals surface area contributed by atoms with Gasteiger partial charge in [-0.3, -0.25) is 10.1 Å². The maximum Gasteiger partial charge on any atom is 0.408 e. The summed E-state index contributed by atoms with van der Waals surface area (Å²) in [5, 5.41) is 17.2. The van der Waals surface area contributed by atoms with Crippen molar-refractivity contribution in [2.24, 2.45) is 0 Å². The second-order valence-corrected chi connectivity index (χ2v) is 8.96. The van der Waals surface area contributed by atoms with E-state index in [4.69, 9.17) is 4.74 Å². The van der Waals surface area contributed by atoms with Crippen LogP contribution in [0.2, 0.25) is 0 Å². The van der Waals surface area contributed by atoms with Gasteiger partial charge < -0.3 is 15.4 Å². The number of aromatic nitrogens is 1. The van der Waals surface area contributed by atoms with Gasteiger partial charge in [0.15, 0.2) is 0 Å². The number of anilines is 2. The molecule has 0 bridgehead atoms. The number of hydrogen-bond donors (Lipinski definition) is 2. The molecule has 1 aliphatic carbocycles. The number of halogens is 1. The summed E-state index contributed by atoms with van der Waals surface area (Å²) in [5.74, 6) is 0.163. The lowest BCUT2D eigenvalue weighted by Crippen LogP contribution is -2.52. The molecule has 9 heteroatoms. The fourth-order valence-electron chi connectivity index (χ4n) is 3.19. The summed E-state index contributed by atoms with van der Waals surface area (Å²) in [4.78, 5) is 27.1. The summed E-state index contributed by atoms with van der Waals surface area (Å²) >= 11 is 3.19. The largest absolute Gasteiger partial charge is 0.444 e. The monoisotopic (exact) mass is 462 g/mol. The number of nitro groups is 1. The highest BCUT2D eigenvalue weighted by Gasteiger charge is 2.41. The number of benzene rings is 1. The van der Waals surface area contributed by atoms with E-state index in [9.17, 15) is 14.9 Å². The number of carbonyl (C=O) groups excluding carboxylic acids is 1. The first kappa shape index (κ1) is 21.0. The molecule has 0 atom stereocenters. The molecule has 0 spiro atoms. The number of nitrogens with zero attached hydrogens (tertiary/aromatic N) is 2. The van der Waals surface area contributed by atoms with Gasteiger partial charge in [0.1, 0.15) is 5.60 Å². The molecule has 29 heavy (non-hydrogen) atoms. The third-order valence-corrected chi connectivity index (χ3v) is 5.11. The van der Waals surface area contributed by atoms with Gasteiger partial charge in [-0.25, -0.2) is 9.78 Å². The van der Waals surface area contributed by atoms with E-state index < -0.39 is 22.2 Å². The van der Waals surface area contributed by atoms with Gasteiger partial charge in [-0.05, 0) is 73.7 Å². The predicted octanol–water partition coefficient (Wildman–Crippen LogP) is 5.40. The summed E-state index contributed by atoms with van der Waals surface area (Å²) < 4.78 is 5.93. The van der Waals surface area contributed by atoms with Crippen LogP contribution in [-0.2, 0) is 10.3 Å². The molecule has 1 fully saturated rings. The molecule has 1 aromatic carbocycles. The lowest BCUT2D eigenvalue weighted by Gasteiger charge is -2.43. The summed E-state index contributed by atoms with van der Waals surface area (Å²) in [5.41, 5.74) is 0.514. The molecular formula is C20H23BrN4O4. The van der Waals surface area contributed by atoms with Crippen molar-refractivity contribution in [3.05, 3.63) is 56.7 Å². The van der Waals surface area contributed by atoms with Crippen molar-refractivity contribution in [3.8, 4) is 0 Å². The van der Waals surface area contributed by atoms with Crippen molar-refractivity contribution >= 4 is 39.2 Å². The van der Waals surface area contributed by atoms with Gasteiger partial charge in [0.25, 0.3) is 0 Å². The molecule has 1 saturated carbocycles. The fourth-order valence-corrected chi connectivity index (χ4v) is 3.51. The minimum Gasteiger partial charge on any atom is -0.444 e. The Bertz CT molecular complexity index is 921. The molecule has 154 valence electrons. The molecule has 1 amide bonds. The van der Waals surface area contributed by atoms with Crippen LogP contribution < -0.4 is 10.6 Å². The topological polar surface area (TPSA) is 106 Å². The first-order chi connectivity index (χ1) is 13.6. The molecule has 8 nitrogen and oxygen atoms in total. The number of alkyl carbamates (subject to hydrolysis) is 1. The fraction of sp³-hybridized carbons (Fsp3) is 0.400. The van der Waals surface area contributed by atoms with E-state index in [2.05, 4.69) is 31.5 Å². The van der Waals surface area contributed by atoms with Crippen LogP contribution in [0.5, 0.6) is 0 Å². The van der Waals surface area contributed by atoms with Crippen LogP contribution in [0.15, 0.2) is 41.0 Å². The Balaban J connectivity index is 1.76. The number of hydrogen-bond acceptors (Lipinski definition) is 6. The van der Waals surface area contributed by atoms with Gasteiger partial charge in [0.2, 0.25) is 5.82 Å². The summed E-state index contributed by atoms with van der Waals surface area (Å²) in [6, 6.07) is 8.85. The summed E-state index contributed by atoms with van der Waals surface area (Å²) in [6.45, 7) is 5.49. The van der Waals surface area contributed by atoms with E-state index in [1.165, 1.54) is 12.3 Å². The Morgan fingerprint density at radius 1 is 1.28 bits per heavy atom. The SMILES string of the molecule is CC(C)(C)OC(=O)NC1(c2ccc(Nc3ncc(Br)cc3[N+](=O)[O-])cc2)CCC1. The molecular weight excluding hydrogens is 440 g/mol. The Kier molecular flexibility index (Phi) is 5.79. The summed E-state index contributed by atoms with van der Waals surface area (Å²) in [7, 11) is 0. The average molecular weight is 463 g/mol. The van der Waals surface area contributed by atoms with Crippen molar-refractivity contribution in [2.75, 3.05) is 5.32 Å². The zero-order valence-corrected chi connectivity index (χ0v) is 18.1. The Hall–Kier alpha value is -2.68. The quantitative estimate of drug-likeness (QED) is 0.454. The summed E-state index contributed by atoms with van der Waals surface area (Å²) in [6.07, 6.45) is 3.74. The molecule has 0 unspecified atom stereocenters. The molecule has 0 saturated heterocycles. The van der Waals surface area contributed by atoms with E-state index in [1.54, 1.807) is 0 Å².